The van der Waals surface area contributed by atoms with Gasteiger partial charge in [0.25, 0.3) is 5.91 Å². The summed E-state index contributed by atoms with van der Waals surface area (Å²) in [6.07, 6.45) is 7.05. The molecule has 1 N–H and O–H groups in total. The summed E-state index contributed by atoms with van der Waals surface area (Å²) >= 11 is 1.60. The third-order valence-electron chi connectivity index (χ3n) is 6.52. The van der Waals surface area contributed by atoms with Gasteiger partial charge < -0.3 is 19.9 Å². The van der Waals surface area contributed by atoms with Crippen LogP contribution in [0.4, 0.5) is 16.6 Å². The molecule has 1 amide bonds. The molecule has 2 fully saturated rings. The Morgan fingerprint density at radius 1 is 1.03 bits per heavy atom. The normalized spacial score (nSPS) is 16.5. The van der Waals surface area contributed by atoms with E-state index in [-0.39, 0.29) is 5.91 Å². The number of carbonyl (C=O) groups excluding carboxylic acids is 1. The first-order chi connectivity index (χ1) is 17.6. The Morgan fingerprint density at radius 2 is 1.86 bits per heavy atom. The maximum Gasteiger partial charge on any atom is 0.274 e. The van der Waals surface area contributed by atoms with Gasteiger partial charge in [0, 0.05) is 45.0 Å². The number of nitrogens with zero attached hydrogens (tertiary/aromatic N) is 7. The highest BCUT2D eigenvalue weighted by Gasteiger charge is 2.23. The van der Waals surface area contributed by atoms with E-state index in [0.29, 0.717) is 30.3 Å². The molecular weight excluding hydrogens is 476 g/mol. The molecule has 0 radical (unpaired) electrons. The number of hydrogen-bond acceptors (Lipinski definition) is 9. The Hall–Kier alpha value is -3.57. The van der Waals surface area contributed by atoms with E-state index in [0.717, 1.165) is 65.9 Å². The minimum Gasteiger partial charge on any atom is -0.378 e. The van der Waals surface area contributed by atoms with Crippen LogP contribution >= 0.6 is 11.3 Å². The second kappa shape index (κ2) is 9.82. The van der Waals surface area contributed by atoms with E-state index >= 15 is 0 Å². The topological polar surface area (TPSA) is 101 Å². The number of morpholine rings is 1. The molecule has 0 aromatic carbocycles. The Kier molecular flexibility index (Phi) is 6.24. The number of hydrogen-bond donors (Lipinski definition) is 1. The summed E-state index contributed by atoms with van der Waals surface area (Å²) in [5, 5.41) is 8.26. The minimum absolute atomic E-state index is 0.266. The molecule has 6 heterocycles. The molecule has 6 rings (SSSR count). The molecule has 0 bridgehead atoms. The number of pyridine rings is 2. The summed E-state index contributed by atoms with van der Waals surface area (Å²) < 4.78 is 8.16. The fraction of sp³-hybridized carbons (Fsp3) is 0.400. The van der Waals surface area contributed by atoms with Gasteiger partial charge in [-0.3, -0.25) is 9.48 Å². The van der Waals surface area contributed by atoms with E-state index in [1.165, 1.54) is 6.42 Å². The molecule has 36 heavy (non-hydrogen) atoms. The number of amides is 1. The van der Waals surface area contributed by atoms with Crippen molar-refractivity contribution in [1.29, 1.82) is 0 Å². The van der Waals surface area contributed by atoms with Crippen LogP contribution < -0.4 is 15.1 Å². The molecule has 0 saturated carbocycles. The zero-order valence-corrected chi connectivity index (χ0v) is 21.0. The quantitative estimate of drug-likeness (QED) is 0.440. The lowest BCUT2D eigenvalue weighted by Gasteiger charge is -2.29. The van der Waals surface area contributed by atoms with E-state index in [1.54, 1.807) is 28.3 Å². The average Bonchev–Trinajstić information content (AvgIpc) is 3.55. The number of ether oxygens (including phenoxy) is 1. The van der Waals surface area contributed by atoms with Gasteiger partial charge in [0.15, 0.2) is 16.6 Å². The Balaban J connectivity index is 1.33. The number of fused-ring (bicyclic) bond motifs is 1. The second-order valence-corrected chi connectivity index (χ2v) is 10.1. The Bertz CT molecular complexity index is 1390. The van der Waals surface area contributed by atoms with Crippen molar-refractivity contribution in [3.63, 3.8) is 0 Å². The molecule has 186 valence electrons. The van der Waals surface area contributed by atoms with Gasteiger partial charge in [0.2, 0.25) is 0 Å². The van der Waals surface area contributed by atoms with Crippen molar-refractivity contribution < 1.29 is 9.53 Å². The number of thiazole rings is 1. The molecule has 11 heteroatoms. The predicted octanol–water partition coefficient (Wildman–Crippen LogP) is 3.57. The number of piperidine rings is 1. The van der Waals surface area contributed by atoms with Gasteiger partial charge in [0.05, 0.1) is 35.5 Å². The highest BCUT2D eigenvalue weighted by molar-refractivity contribution is 7.22. The monoisotopic (exact) mass is 504 g/mol. The van der Waals surface area contributed by atoms with Crippen LogP contribution in [0.25, 0.3) is 21.6 Å². The summed E-state index contributed by atoms with van der Waals surface area (Å²) in [7, 11) is 1.86. The number of aromatic nitrogens is 5. The van der Waals surface area contributed by atoms with Gasteiger partial charge in [-0.1, -0.05) is 17.4 Å². The molecular formula is C25H28N8O2S. The molecule has 0 unspecified atom stereocenters. The lowest BCUT2D eigenvalue weighted by molar-refractivity contribution is 0.102. The second-order valence-electron chi connectivity index (χ2n) is 9.09. The van der Waals surface area contributed by atoms with E-state index in [2.05, 4.69) is 25.2 Å². The lowest BCUT2D eigenvalue weighted by Crippen LogP contribution is -2.36. The number of carbonyl (C=O) groups is 1. The first-order valence-electron chi connectivity index (χ1n) is 12.3. The van der Waals surface area contributed by atoms with Crippen molar-refractivity contribution >= 4 is 44.2 Å². The van der Waals surface area contributed by atoms with Crippen LogP contribution in [0.5, 0.6) is 0 Å². The standard InChI is InChI=1S/C25H28N8O2S/c1-31-16-17(15-26-31)18-6-5-7-19(27-18)24(34)28-20-14-21-22(29-23(20)32-8-3-2-4-9-32)30-25(36-21)33-10-12-35-13-11-33/h5-7,14-16H,2-4,8-13H2,1H3,(H,28,34). The number of rotatable bonds is 5. The number of aryl methyl sites for hydroxylation is 1. The molecule has 10 nitrogen and oxygen atoms in total. The average molecular weight is 505 g/mol. The summed E-state index contributed by atoms with van der Waals surface area (Å²) in [6, 6.07) is 7.46. The van der Waals surface area contributed by atoms with Crippen molar-refractivity contribution in [3.05, 3.63) is 42.4 Å². The van der Waals surface area contributed by atoms with Crippen LogP contribution in [0.1, 0.15) is 29.8 Å². The SMILES string of the molecule is Cn1cc(-c2cccc(C(=O)Nc3cc4sc(N5CCOCC5)nc4nc3N3CCCCC3)n2)cn1. The van der Waals surface area contributed by atoms with E-state index in [1.807, 2.05) is 31.4 Å². The van der Waals surface area contributed by atoms with Crippen molar-refractivity contribution in [2.75, 3.05) is 54.5 Å². The molecule has 2 aliphatic heterocycles. The lowest BCUT2D eigenvalue weighted by atomic mass is 10.1. The van der Waals surface area contributed by atoms with Gasteiger partial charge in [-0.2, -0.15) is 10.1 Å². The van der Waals surface area contributed by atoms with Crippen molar-refractivity contribution in [3.8, 4) is 11.3 Å². The maximum atomic E-state index is 13.4. The zero-order valence-electron chi connectivity index (χ0n) is 20.2. The van der Waals surface area contributed by atoms with Crippen LogP contribution in [0.2, 0.25) is 0 Å². The smallest absolute Gasteiger partial charge is 0.274 e. The van der Waals surface area contributed by atoms with Crippen molar-refractivity contribution in [1.82, 2.24) is 24.7 Å². The van der Waals surface area contributed by atoms with Gasteiger partial charge in [-0.05, 0) is 37.5 Å². The summed E-state index contributed by atoms with van der Waals surface area (Å²) in [4.78, 5) is 32.2. The molecule has 0 spiro atoms. The Morgan fingerprint density at radius 3 is 2.64 bits per heavy atom. The molecule has 4 aromatic heterocycles. The van der Waals surface area contributed by atoms with Gasteiger partial charge in [-0.25, -0.2) is 9.97 Å². The van der Waals surface area contributed by atoms with Gasteiger partial charge in [0.1, 0.15) is 5.69 Å². The summed E-state index contributed by atoms with van der Waals surface area (Å²) in [6.45, 7) is 4.87. The van der Waals surface area contributed by atoms with E-state index in [4.69, 9.17) is 14.7 Å². The van der Waals surface area contributed by atoms with E-state index < -0.39 is 0 Å². The van der Waals surface area contributed by atoms with Crippen LogP contribution in [-0.4, -0.2) is 70.0 Å². The summed E-state index contributed by atoms with van der Waals surface area (Å²) in [5.74, 6) is 0.510. The molecule has 2 aliphatic rings. The van der Waals surface area contributed by atoms with Crippen LogP contribution in [0.15, 0.2) is 36.7 Å². The first kappa shape index (κ1) is 22.9. The maximum absolute atomic E-state index is 13.4. The largest absolute Gasteiger partial charge is 0.378 e. The first-order valence-corrected chi connectivity index (χ1v) is 13.1. The number of nitrogens with one attached hydrogen (secondary N) is 1. The fourth-order valence-corrected chi connectivity index (χ4v) is 5.63. The highest BCUT2D eigenvalue weighted by atomic mass is 32.1. The third kappa shape index (κ3) is 4.63. The molecule has 0 aliphatic carbocycles. The van der Waals surface area contributed by atoms with Gasteiger partial charge >= 0.3 is 0 Å². The number of anilines is 3. The van der Waals surface area contributed by atoms with Crippen LogP contribution in [0.3, 0.4) is 0 Å². The molecule has 4 aromatic rings. The van der Waals surface area contributed by atoms with Crippen LogP contribution in [0, 0.1) is 0 Å². The highest BCUT2D eigenvalue weighted by Crippen LogP contribution is 2.35. The predicted molar refractivity (Wildman–Crippen MR) is 141 cm³/mol. The van der Waals surface area contributed by atoms with Crippen molar-refractivity contribution in [2.24, 2.45) is 7.05 Å². The minimum atomic E-state index is -0.266. The molecule has 0 atom stereocenters. The third-order valence-corrected chi connectivity index (χ3v) is 7.57. The Labute approximate surface area is 212 Å². The van der Waals surface area contributed by atoms with Crippen molar-refractivity contribution in [2.45, 2.75) is 19.3 Å². The van der Waals surface area contributed by atoms with Crippen LogP contribution in [-0.2, 0) is 11.8 Å². The van der Waals surface area contributed by atoms with Gasteiger partial charge in [-0.15, -0.1) is 0 Å². The molecule has 2 saturated heterocycles. The van der Waals surface area contributed by atoms with E-state index in [9.17, 15) is 4.79 Å². The summed E-state index contributed by atoms with van der Waals surface area (Å²) in [5.41, 5.74) is 3.33. The zero-order chi connectivity index (χ0) is 24.5. The fourth-order valence-electron chi connectivity index (χ4n) is 4.63.